The fourth-order valence-electron chi connectivity index (χ4n) is 2.90. The highest BCUT2D eigenvalue weighted by Gasteiger charge is 2.49. The van der Waals surface area contributed by atoms with E-state index in [0.29, 0.717) is 4.90 Å². The van der Waals surface area contributed by atoms with Crippen LogP contribution in [0.3, 0.4) is 0 Å². The molecule has 1 aliphatic rings. The van der Waals surface area contributed by atoms with Crippen LogP contribution in [0, 0.1) is 0 Å². The van der Waals surface area contributed by atoms with Crippen molar-refractivity contribution in [1.29, 1.82) is 0 Å². The van der Waals surface area contributed by atoms with Gasteiger partial charge in [-0.2, -0.15) is 0 Å². The van der Waals surface area contributed by atoms with E-state index < -0.39 is 10.0 Å². The highest BCUT2D eigenvalue weighted by molar-refractivity contribution is 9.10. The van der Waals surface area contributed by atoms with Gasteiger partial charge < -0.3 is 0 Å². The first-order valence-corrected chi connectivity index (χ1v) is 9.55. The van der Waals surface area contributed by atoms with Crippen molar-refractivity contribution in [3.8, 4) is 0 Å². The van der Waals surface area contributed by atoms with Crippen molar-refractivity contribution >= 4 is 26.0 Å². The fraction of sp³-hybridized carbons (Fsp3) is 0.294. The minimum Gasteiger partial charge on any atom is -0.207 e. The van der Waals surface area contributed by atoms with E-state index in [1.165, 1.54) is 5.56 Å². The summed E-state index contributed by atoms with van der Waals surface area (Å²) in [5.74, 6) is 0. The van der Waals surface area contributed by atoms with Crippen molar-refractivity contribution in [3.63, 3.8) is 0 Å². The summed E-state index contributed by atoms with van der Waals surface area (Å²) in [5.41, 5.74) is 1.11. The van der Waals surface area contributed by atoms with Gasteiger partial charge in [0, 0.05) is 15.9 Å². The number of sulfonamides is 1. The number of halogens is 1. The summed E-state index contributed by atoms with van der Waals surface area (Å²) in [6.07, 6.45) is 2.01. The third-order valence-corrected chi connectivity index (χ3v) is 6.51. The predicted molar refractivity (Wildman–Crippen MR) is 91.3 cm³/mol. The first kappa shape index (κ1) is 15.7. The maximum absolute atomic E-state index is 12.5. The molecule has 0 amide bonds. The molecule has 0 radical (unpaired) electrons. The van der Waals surface area contributed by atoms with E-state index in [0.717, 1.165) is 17.3 Å². The molecule has 0 saturated heterocycles. The standard InChI is InChI=1S/C17H18BrNO2S/c1-13(19-22(20,21)16-5-3-2-4-6-16)17(11-12-17)14-7-9-15(18)10-8-14/h2-10,13,19H,11-12H2,1H3. The second-order valence-corrected chi connectivity index (χ2v) is 8.45. The highest BCUT2D eigenvalue weighted by Crippen LogP contribution is 2.51. The smallest absolute Gasteiger partial charge is 0.207 e. The fourth-order valence-corrected chi connectivity index (χ4v) is 4.51. The largest absolute Gasteiger partial charge is 0.240 e. The van der Waals surface area contributed by atoms with E-state index in [9.17, 15) is 8.42 Å². The molecule has 1 atom stereocenters. The van der Waals surface area contributed by atoms with E-state index in [2.05, 4.69) is 32.8 Å². The molecule has 22 heavy (non-hydrogen) atoms. The Morgan fingerprint density at radius 2 is 1.64 bits per heavy atom. The van der Waals surface area contributed by atoms with Gasteiger partial charge >= 0.3 is 0 Å². The molecular weight excluding hydrogens is 362 g/mol. The Kier molecular flexibility index (Phi) is 4.14. The topological polar surface area (TPSA) is 46.2 Å². The predicted octanol–water partition coefficient (Wildman–Crippen LogP) is 3.85. The third-order valence-electron chi connectivity index (χ3n) is 4.42. The Labute approximate surface area is 139 Å². The van der Waals surface area contributed by atoms with E-state index in [4.69, 9.17) is 0 Å². The molecule has 0 aliphatic heterocycles. The molecule has 1 saturated carbocycles. The monoisotopic (exact) mass is 379 g/mol. The van der Waals surface area contributed by atoms with Crippen molar-refractivity contribution in [2.45, 2.75) is 36.1 Å². The Hall–Kier alpha value is -1.17. The zero-order valence-corrected chi connectivity index (χ0v) is 14.7. The maximum atomic E-state index is 12.5. The lowest BCUT2D eigenvalue weighted by molar-refractivity contribution is 0.494. The number of rotatable bonds is 5. The minimum absolute atomic E-state index is 0.0808. The number of nitrogens with one attached hydrogen (secondary N) is 1. The van der Waals surface area contributed by atoms with Crippen molar-refractivity contribution in [2.75, 3.05) is 0 Å². The molecule has 0 spiro atoms. The van der Waals surface area contributed by atoms with Crippen LogP contribution in [0.5, 0.6) is 0 Å². The van der Waals surface area contributed by atoms with Gasteiger partial charge in [0.1, 0.15) is 0 Å². The van der Waals surface area contributed by atoms with Crippen molar-refractivity contribution in [3.05, 3.63) is 64.6 Å². The average molecular weight is 380 g/mol. The van der Waals surface area contributed by atoms with Crippen molar-refractivity contribution in [1.82, 2.24) is 4.72 Å². The number of hydrogen-bond acceptors (Lipinski definition) is 2. The van der Waals surface area contributed by atoms with E-state index >= 15 is 0 Å². The van der Waals surface area contributed by atoms with Crippen LogP contribution in [-0.2, 0) is 15.4 Å². The average Bonchev–Trinajstić information content (AvgIpc) is 3.30. The first-order valence-electron chi connectivity index (χ1n) is 7.27. The van der Waals surface area contributed by atoms with Crippen molar-refractivity contribution in [2.24, 2.45) is 0 Å². The van der Waals surface area contributed by atoms with Crippen LogP contribution in [0.4, 0.5) is 0 Å². The van der Waals surface area contributed by atoms with Crippen LogP contribution in [0.15, 0.2) is 64.0 Å². The first-order chi connectivity index (χ1) is 10.4. The van der Waals surface area contributed by atoms with Crippen LogP contribution in [0.2, 0.25) is 0 Å². The molecule has 116 valence electrons. The highest BCUT2D eigenvalue weighted by atomic mass is 79.9. The number of hydrogen-bond donors (Lipinski definition) is 1. The summed E-state index contributed by atoms with van der Waals surface area (Å²) in [6, 6.07) is 16.5. The molecule has 1 fully saturated rings. The molecule has 2 aromatic carbocycles. The van der Waals surface area contributed by atoms with Gasteiger partial charge in [-0.05, 0) is 49.6 Å². The SMILES string of the molecule is CC(NS(=O)(=O)c1ccccc1)C1(c2ccc(Br)cc2)CC1. The Balaban J connectivity index is 1.83. The molecule has 1 aliphatic carbocycles. The molecule has 1 unspecified atom stereocenters. The van der Waals surface area contributed by atoms with Gasteiger partial charge in [0.2, 0.25) is 10.0 Å². The summed E-state index contributed by atoms with van der Waals surface area (Å²) in [4.78, 5) is 0.313. The summed E-state index contributed by atoms with van der Waals surface area (Å²) < 4.78 is 28.8. The molecule has 3 rings (SSSR count). The quantitative estimate of drug-likeness (QED) is 0.857. The molecular formula is C17H18BrNO2S. The molecule has 1 N–H and O–H groups in total. The lowest BCUT2D eigenvalue weighted by atomic mass is 9.90. The third kappa shape index (κ3) is 2.98. The summed E-state index contributed by atoms with van der Waals surface area (Å²) in [5, 5.41) is 0. The molecule has 0 heterocycles. The van der Waals surface area contributed by atoms with Crippen LogP contribution in [-0.4, -0.2) is 14.5 Å². The van der Waals surface area contributed by atoms with E-state index in [1.54, 1.807) is 24.3 Å². The molecule has 3 nitrogen and oxygen atoms in total. The molecule has 2 aromatic rings. The maximum Gasteiger partial charge on any atom is 0.240 e. The van der Waals surface area contributed by atoms with Crippen LogP contribution in [0.1, 0.15) is 25.3 Å². The van der Waals surface area contributed by atoms with Crippen LogP contribution in [0.25, 0.3) is 0 Å². The van der Waals surface area contributed by atoms with Gasteiger partial charge in [-0.3, -0.25) is 0 Å². The van der Waals surface area contributed by atoms with Crippen molar-refractivity contribution < 1.29 is 8.42 Å². The number of benzene rings is 2. The van der Waals surface area contributed by atoms with Gasteiger partial charge in [0.05, 0.1) is 4.90 Å². The van der Waals surface area contributed by atoms with E-state index in [1.807, 2.05) is 25.1 Å². The molecule has 5 heteroatoms. The zero-order valence-electron chi connectivity index (χ0n) is 12.3. The van der Waals surface area contributed by atoms with Crippen LogP contribution < -0.4 is 4.72 Å². The summed E-state index contributed by atoms with van der Waals surface area (Å²) in [6.45, 7) is 1.95. The van der Waals surface area contributed by atoms with Gasteiger partial charge in [0.15, 0.2) is 0 Å². The second kappa shape index (κ2) is 5.80. The Morgan fingerprint density at radius 1 is 1.05 bits per heavy atom. The molecule has 0 bridgehead atoms. The Bertz CT molecular complexity index is 753. The Morgan fingerprint density at radius 3 is 2.18 bits per heavy atom. The summed E-state index contributed by atoms with van der Waals surface area (Å²) >= 11 is 3.44. The summed E-state index contributed by atoms with van der Waals surface area (Å²) in [7, 11) is -3.48. The van der Waals surface area contributed by atoms with Gasteiger partial charge in [-0.15, -0.1) is 0 Å². The van der Waals surface area contributed by atoms with Gasteiger partial charge in [-0.1, -0.05) is 46.3 Å². The minimum atomic E-state index is -3.48. The van der Waals surface area contributed by atoms with Gasteiger partial charge in [-0.25, -0.2) is 13.1 Å². The lowest BCUT2D eigenvalue weighted by Gasteiger charge is -2.25. The van der Waals surface area contributed by atoms with Crippen LogP contribution >= 0.6 is 15.9 Å². The zero-order chi connectivity index (χ0) is 15.8. The molecule has 0 aromatic heterocycles. The van der Waals surface area contributed by atoms with E-state index in [-0.39, 0.29) is 11.5 Å². The van der Waals surface area contributed by atoms with Gasteiger partial charge in [0.25, 0.3) is 0 Å². The normalized spacial score (nSPS) is 17.9. The lowest BCUT2D eigenvalue weighted by Crippen LogP contribution is -2.41. The second-order valence-electron chi connectivity index (χ2n) is 5.82.